The van der Waals surface area contributed by atoms with Crippen LogP contribution in [0.1, 0.15) is 32.1 Å². The maximum atomic E-state index is 8.05. The molecular weight excluding hydrogens is 248 g/mol. The number of nitrogens with one attached hydrogen (secondary N) is 2. The zero-order chi connectivity index (χ0) is 14.0. The van der Waals surface area contributed by atoms with Crippen molar-refractivity contribution in [3.05, 3.63) is 42.2 Å². The number of rotatable bonds is 1. The van der Waals surface area contributed by atoms with Crippen LogP contribution < -0.4 is 5.43 Å². The van der Waals surface area contributed by atoms with E-state index >= 15 is 0 Å². The first-order chi connectivity index (χ1) is 9.86. The van der Waals surface area contributed by atoms with E-state index in [0.29, 0.717) is 18.0 Å². The minimum absolute atomic E-state index is 0.551. The van der Waals surface area contributed by atoms with Crippen LogP contribution in [0, 0.1) is 5.41 Å². The van der Waals surface area contributed by atoms with Gasteiger partial charge in [-0.05, 0) is 44.3 Å². The maximum absolute atomic E-state index is 8.05. The third-order valence-electron chi connectivity index (χ3n) is 3.04. The van der Waals surface area contributed by atoms with Gasteiger partial charge in [-0.2, -0.15) is 5.10 Å². The van der Waals surface area contributed by atoms with Crippen molar-refractivity contribution >= 4 is 17.3 Å². The molecule has 0 aromatic rings. The molecule has 0 amide bonds. The number of hydrogen-bond acceptors (Lipinski definition) is 4. The molecule has 2 rings (SSSR count). The number of hydrazone groups is 1. The molecule has 0 saturated heterocycles. The summed E-state index contributed by atoms with van der Waals surface area (Å²) in [6.07, 6.45) is 16.7. The molecule has 1 aliphatic heterocycles. The van der Waals surface area contributed by atoms with Gasteiger partial charge in [-0.1, -0.05) is 18.2 Å². The highest BCUT2D eigenvalue weighted by molar-refractivity contribution is 6.45. The van der Waals surface area contributed by atoms with Gasteiger partial charge in [0.05, 0.1) is 12.3 Å². The first-order valence-electron chi connectivity index (χ1n) is 7.04. The second-order valence-electron chi connectivity index (χ2n) is 4.68. The standard InChI is InChI=1S/C16H20N4/c17-14-10-6-2-1-3-7-11-15(14)19-20-16-12-8-4-5-9-13-18-16/h3,5,8-9,11-12,17H,1-2,4,6,10,13H2,(H,18,20)/b9-5?,12-8?,17-14?,19-15-. The fraction of sp³-hybridized carbons (Fsp3) is 0.375. The van der Waals surface area contributed by atoms with Crippen molar-refractivity contribution < 1.29 is 0 Å². The highest BCUT2D eigenvalue weighted by Crippen LogP contribution is 2.05. The van der Waals surface area contributed by atoms with Gasteiger partial charge in [0.15, 0.2) is 0 Å². The summed E-state index contributed by atoms with van der Waals surface area (Å²) in [5.74, 6) is 0.729. The predicted octanol–water partition coefficient (Wildman–Crippen LogP) is 3.15. The number of nitrogens with zero attached hydrogens (tertiary/aromatic N) is 2. The molecule has 4 nitrogen and oxygen atoms in total. The molecule has 2 aliphatic rings. The third kappa shape index (κ3) is 4.82. The molecule has 1 heterocycles. The minimum atomic E-state index is 0.551. The summed E-state index contributed by atoms with van der Waals surface area (Å²) in [6, 6.07) is 0. The monoisotopic (exact) mass is 268 g/mol. The van der Waals surface area contributed by atoms with Crippen LogP contribution in [0.15, 0.2) is 52.3 Å². The van der Waals surface area contributed by atoms with Gasteiger partial charge in [-0.25, -0.2) is 0 Å². The van der Waals surface area contributed by atoms with E-state index in [1.807, 2.05) is 24.3 Å². The Kier molecular flexibility index (Phi) is 5.74. The van der Waals surface area contributed by atoms with Crippen LogP contribution in [0.2, 0.25) is 0 Å². The smallest absolute Gasteiger partial charge is 0.141 e. The van der Waals surface area contributed by atoms with Crippen molar-refractivity contribution in [3.63, 3.8) is 0 Å². The minimum Gasteiger partial charge on any atom is -0.303 e. The summed E-state index contributed by atoms with van der Waals surface area (Å²) < 4.78 is 0. The van der Waals surface area contributed by atoms with E-state index in [-0.39, 0.29) is 0 Å². The second-order valence-corrected chi connectivity index (χ2v) is 4.68. The molecule has 1 aliphatic carbocycles. The number of aliphatic imine (C=N–C) groups is 1. The van der Waals surface area contributed by atoms with Gasteiger partial charge in [-0.3, -0.25) is 10.4 Å². The van der Waals surface area contributed by atoms with Crippen LogP contribution in [0.5, 0.6) is 0 Å². The number of allylic oxidation sites excluding steroid dienone is 3. The first-order valence-corrected chi connectivity index (χ1v) is 7.04. The zero-order valence-corrected chi connectivity index (χ0v) is 11.6. The summed E-state index contributed by atoms with van der Waals surface area (Å²) in [6.45, 7) is 0.657. The molecule has 0 saturated carbocycles. The average molecular weight is 268 g/mol. The van der Waals surface area contributed by atoms with Gasteiger partial charge in [-0.15, -0.1) is 5.73 Å². The molecule has 0 unspecified atom stereocenters. The normalized spacial score (nSPS) is 21.7. The topological polar surface area (TPSA) is 60.6 Å². The quantitative estimate of drug-likeness (QED) is 0.428. The molecular formula is C16H20N4. The SMILES string of the molecule is N=C1CCCCC=C=C/C1=N/NC1=NCC=CCC=C1. The predicted molar refractivity (Wildman–Crippen MR) is 84.6 cm³/mol. The van der Waals surface area contributed by atoms with Gasteiger partial charge >= 0.3 is 0 Å². The lowest BCUT2D eigenvalue weighted by molar-refractivity contribution is 0.779. The van der Waals surface area contributed by atoms with E-state index in [1.165, 1.54) is 0 Å². The van der Waals surface area contributed by atoms with Crippen molar-refractivity contribution in [1.82, 2.24) is 5.43 Å². The summed E-state index contributed by atoms with van der Waals surface area (Å²) in [7, 11) is 0. The van der Waals surface area contributed by atoms with E-state index in [2.05, 4.69) is 27.3 Å². The second kappa shape index (κ2) is 8.08. The van der Waals surface area contributed by atoms with Crippen molar-refractivity contribution in [2.45, 2.75) is 32.1 Å². The average Bonchev–Trinajstić information content (AvgIpc) is 2.51. The molecule has 0 bridgehead atoms. The van der Waals surface area contributed by atoms with Crippen LogP contribution in [0.25, 0.3) is 0 Å². The molecule has 20 heavy (non-hydrogen) atoms. The summed E-state index contributed by atoms with van der Waals surface area (Å²) in [5.41, 5.74) is 7.22. The molecule has 4 heteroatoms. The van der Waals surface area contributed by atoms with Crippen LogP contribution >= 0.6 is 0 Å². The van der Waals surface area contributed by atoms with Gasteiger partial charge in [0.1, 0.15) is 11.5 Å². The van der Waals surface area contributed by atoms with Crippen molar-refractivity contribution in [2.24, 2.45) is 10.1 Å². The Morgan fingerprint density at radius 1 is 1.25 bits per heavy atom. The van der Waals surface area contributed by atoms with Gasteiger partial charge in [0.25, 0.3) is 0 Å². The molecule has 2 N–H and O–H groups in total. The maximum Gasteiger partial charge on any atom is 0.141 e. The lowest BCUT2D eigenvalue weighted by Gasteiger charge is -2.05. The number of amidine groups is 1. The lowest BCUT2D eigenvalue weighted by Crippen LogP contribution is -2.21. The summed E-state index contributed by atoms with van der Waals surface area (Å²) >= 11 is 0. The van der Waals surface area contributed by atoms with E-state index < -0.39 is 0 Å². The Labute approximate surface area is 119 Å². The highest BCUT2D eigenvalue weighted by atomic mass is 15.3. The molecule has 0 spiro atoms. The first kappa shape index (κ1) is 14.2. The van der Waals surface area contributed by atoms with Crippen LogP contribution in [0.4, 0.5) is 0 Å². The van der Waals surface area contributed by atoms with E-state index in [0.717, 1.165) is 37.9 Å². The molecule has 0 atom stereocenters. The molecule has 0 radical (unpaired) electrons. The van der Waals surface area contributed by atoms with E-state index in [4.69, 9.17) is 5.41 Å². The zero-order valence-electron chi connectivity index (χ0n) is 11.6. The van der Waals surface area contributed by atoms with E-state index in [9.17, 15) is 0 Å². The fourth-order valence-electron chi connectivity index (χ4n) is 1.91. The van der Waals surface area contributed by atoms with Crippen molar-refractivity contribution in [2.75, 3.05) is 6.54 Å². The van der Waals surface area contributed by atoms with Crippen LogP contribution in [0.3, 0.4) is 0 Å². The van der Waals surface area contributed by atoms with Gasteiger partial charge in [0.2, 0.25) is 0 Å². The molecule has 0 aromatic heterocycles. The molecule has 0 fully saturated rings. The fourth-order valence-corrected chi connectivity index (χ4v) is 1.91. The third-order valence-corrected chi connectivity index (χ3v) is 3.04. The van der Waals surface area contributed by atoms with Crippen molar-refractivity contribution in [1.29, 1.82) is 5.41 Å². The number of hydrogen-bond donors (Lipinski definition) is 2. The molecule has 0 aromatic carbocycles. The van der Waals surface area contributed by atoms with Crippen LogP contribution in [-0.4, -0.2) is 23.8 Å². The highest BCUT2D eigenvalue weighted by Gasteiger charge is 2.05. The summed E-state index contributed by atoms with van der Waals surface area (Å²) in [5, 5.41) is 12.4. The largest absolute Gasteiger partial charge is 0.303 e. The Morgan fingerprint density at radius 3 is 3.15 bits per heavy atom. The Balaban J connectivity index is 2.09. The summed E-state index contributed by atoms with van der Waals surface area (Å²) in [4.78, 5) is 4.37. The van der Waals surface area contributed by atoms with E-state index in [1.54, 1.807) is 6.08 Å². The van der Waals surface area contributed by atoms with Crippen LogP contribution in [-0.2, 0) is 0 Å². The lowest BCUT2D eigenvalue weighted by atomic mass is 10.1. The van der Waals surface area contributed by atoms with Gasteiger partial charge < -0.3 is 5.41 Å². The Bertz CT molecular complexity index is 525. The molecule has 104 valence electrons. The van der Waals surface area contributed by atoms with Gasteiger partial charge in [0, 0.05) is 6.08 Å². The van der Waals surface area contributed by atoms with Crippen molar-refractivity contribution in [3.8, 4) is 0 Å². The Hall–Kier alpha value is -2.19. The Morgan fingerprint density at radius 2 is 2.20 bits per heavy atom.